The predicted molar refractivity (Wildman–Crippen MR) is 106 cm³/mol. The van der Waals surface area contributed by atoms with Crippen molar-refractivity contribution in [1.29, 1.82) is 0 Å². The summed E-state index contributed by atoms with van der Waals surface area (Å²) in [4.78, 5) is 13.5. The largest absolute Gasteiger partial charge is 0.347 e. The highest BCUT2D eigenvalue weighted by Crippen LogP contribution is 2.21. The normalized spacial score (nSPS) is 17.5. The van der Waals surface area contributed by atoms with Gasteiger partial charge in [-0.2, -0.15) is 4.31 Å². The van der Waals surface area contributed by atoms with Crippen LogP contribution in [0.3, 0.4) is 0 Å². The first-order chi connectivity index (χ1) is 12.9. The van der Waals surface area contributed by atoms with E-state index in [2.05, 4.69) is 11.9 Å². The van der Waals surface area contributed by atoms with Crippen molar-refractivity contribution in [3.8, 4) is 0 Å². The van der Waals surface area contributed by atoms with E-state index >= 15 is 0 Å². The zero-order chi connectivity index (χ0) is 19.4. The molecule has 1 aliphatic heterocycles. The molecule has 0 saturated carbocycles. The summed E-state index contributed by atoms with van der Waals surface area (Å²) in [5, 5.41) is 4.73. The number of hydrogen-bond acceptors (Lipinski definition) is 3. The molecule has 0 aromatic heterocycles. The Hall–Kier alpha value is -2.22. The maximum absolute atomic E-state index is 13.0. The van der Waals surface area contributed by atoms with Crippen LogP contribution in [-0.4, -0.2) is 57.4 Å². The minimum atomic E-state index is -3.53. The van der Waals surface area contributed by atoms with Crippen molar-refractivity contribution in [2.75, 3.05) is 32.7 Å². The van der Waals surface area contributed by atoms with Gasteiger partial charge in [0.15, 0.2) is 6.04 Å². The molecule has 27 heavy (non-hydrogen) atoms. The van der Waals surface area contributed by atoms with Crippen LogP contribution < -0.4 is 10.2 Å². The second kappa shape index (κ2) is 8.21. The fraction of sp³-hybridized carbons (Fsp3) is 0.350. The second-order valence-electron chi connectivity index (χ2n) is 6.83. The van der Waals surface area contributed by atoms with Crippen LogP contribution in [-0.2, 0) is 14.8 Å². The average molecular weight is 389 g/mol. The number of hydrogen-bond donors (Lipinski definition) is 2. The van der Waals surface area contributed by atoms with Gasteiger partial charge in [-0.1, -0.05) is 36.4 Å². The van der Waals surface area contributed by atoms with Gasteiger partial charge < -0.3 is 10.2 Å². The number of nitrogens with zero attached hydrogens (tertiary/aromatic N) is 1. The fourth-order valence-corrected chi connectivity index (χ4v) is 4.91. The number of quaternary nitrogens is 1. The van der Waals surface area contributed by atoms with Gasteiger partial charge in [-0.15, -0.1) is 6.58 Å². The smallest absolute Gasteiger partial charge is 0.278 e. The van der Waals surface area contributed by atoms with Gasteiger partial charge in [0.25, 0.3) is 5.91 Å². The Morgan fingerprint density at radius 3 is 2.56 bits per heavy atom. The molecule has 1 heterocycles. The quantitative estimate of drug-likeness (QED) is 0.705. The van der Waals surface area contributed by atoms with Crippen LogP contribution >= 0.6 is 0 Å². The maximum Gasteiger partial charge on any atom is 0.278 e. The first-order valence-corrected chi connectivity index (χ1v) is 10.6. The minimum absolute atomic E-state index is 0.0317. The van der Waals surface area contributed by atoms with Crippen LogP contribution in [0.15, 0.2) is 60.0 Å². The summed E-state index contributed by atoms with van der Waals surface area (Å²) < 4.78 is 27.5. The van der Waals surface area contributed by atoms with E-state index in [9.17, 15) is 13.2 Å². The molecule has 0 radical (unpaired) electrons. The Bertz CT molecular complexity index is 934. The van der Waals surface area contributed by atoms with Crippen molar-refractivity contribution in [2.24, 2.45) is 0 Å². The lowest BCUT2D eigenvalue weighted by molar-refractivity contribution is -0.917. The molecule has 144 valence electrons. The molecule has 1 atom stereocenters. The van der Waals surface area contributed by atoms with Gasteiger partial charge in [-0.3, -0.25) is 4.79 Å². The predicted octanol–water partition coefficient (Wildman–Crippen LogP) is 0.420. The van der Waals surface area contributed by atoms with Crippen molar-refractivity contribution in [2.45, 2.75) is 17.9 Å². The Labute approximate surface area is 160 Å². The Morgan fingerprint density at radius 2 is 1.89 bits per heavy atom. The molecule has 0 unspecified atom stereocenters. The summed E-state index contributed by atoms with van der Waals surface area (Å²) >= 11 is 0. The number of carbonyl (C=O) groups is 1. The highest BCUT2D eigenvalue weighted by atomic mass is 32.2. The number of nitrogens with one attached hydrogen (secondary N) is 2. The molecule has 2 aromatic rings. The molecule has 1 fully saturated rings. The molecule has 7 heteroatoms. The van der Waals surface area contributed by atoms with Crippen LogP contribution in [0, 0.1) is 0 Å². The zero-order valence-corrected chi connectivity index (χ0v) is 16.3. The van der Waals surface area contributed by atoms with Crippen LogP contribution in [0.1, 0.15) is 6.92 Å². The van der Waals surface area contributed by atoms with Crippen LogP contribution in [0.4, 0.5) is 0 Å². The van der Waals surface area contributed by atoms with Gasteiger partial charge in [0.2, 0.25) is 10.0 Å². The first kappa shape index (κ1) is 19.5. The van der Waals surface area contributed by atoms with E-state index in [4.69, 9.17) is 0 Å². The average Bonchev–Trinajstić information content (AvgIpc) is 2.71. The highest BCUT2D eigenvalue weighted by molar-refractivity contribution is 7.89. The molecule has 0 bridgehead atoms. The number of fused-ring (bicyclic) bond motifs is 1. The highest BCUT2D eigenvalue weighted by Gasteiger charge is 2.34. The SMILES string of the molecule is C=CCNC(=O)[C@@H](C)[NH+]1CCN(S(=O)(=O)c2ccc3ccccc3c2)CC1. The van der Waals surface area contributed by atoms with Gasteiger partial charge in [0, 0.05) is 6.54 Å². The molecular weight excluding hydrogens is 362 g/mol. The number of carbonyl (C=O) groups excluding carboxylic acids is 1. The molecule has 0 spiro atoms. The first-order valence-electron chi connectivity index (χ1n) is 9.15. The van der Waals surface area contributed by atoms with Crippen molar-refractivity contribution in [1.82, 2.24) is 9.62 Å². The Balaban J connectivity index is 1.68. The van der Waals surface area contributed by atoms with Gasteiger partial charge in [-0.05, 0) is 29.8 Å². The molecule has 1 amide bonds. The van der Waals surface area contributed by atoms with Crippen LogP contribution in [0.25, 0.3) is 10.8 Å². The molecule has 1 aliphatic rings. The van der Waals surface area contributed by atoms with Crippen molar-refractivity contribution < 1.29 is 18.1 Å². The van der Waals surface area contributed by atoms with Gasteiger partial charge >= 0.3 is 0 Å². The van der Waals surface area contributed by atoms with E-state index < -0.39 is 10.0 Å². The topological polar surface area (TPSA) is 70.9 Å². The third-order valence-corrected chi connectivity index (χ3v) is 7.04. The monoisotopic (exact) mass is 388 g/mol. The molecular formula is C20H26N3O3S+. The number of benzene rings is 2. The van der Waals surface area contributed by atoms with Crippen molar-refractivity contribution in [3.63, 3.8) is 0 Å². The van der Waals surface area contributed by atoms with Gasteiger partial charge in [0.05, 0.1) is 31.1 Å². The van der Waals surface area contributed by atoms with Gasteiger partial charge in [0.1, 0.15) is 0 Å². The molecule has 1 saturated heterocycles. The number of piperazine rings is 1. The summed E-state index contributed by atoms with van der Waals surface area (Å²) in [7, 11) is -3.53. The van der Waals surface area contributed by atoms with E-state index in [1.807, 2.05) is 37.3 Å². The fourth-order valence-electron chi connectivity index (χ4n) is 3.43. The molecule has 0 aliphatic carbocycles. The van der Waals surface area contributed by atoms with E-state index in [1.54, 1.807) is 18.2 Å². The van der Waals surface area contributed by atoms with E-state index in [1.165, 1.54) is 4.31 Å². The van der Waals surface area contributed by atoms with Crippen LogP contribution in [0.5, 0.6) is 0 Å². The van der Waals surface area contributed by atoms with Crippen molar-refractivity contribution >= 4 is 26.7 Å². The third-order valence-electron chi connectivity index (χ3n) is 5.15. The van der Waals surface area contributed by atoms with E-state index in [-0.39, 0.29) is 11.9 Å². The second-order valence-corrected chi connectivity index (χ2v) is 8.76. The van der Waals surface area contributed by atoms with E-state index in [0.717, 1.165) is 15.7 Å². The van der Waals surface area contributed by atoms with E-state index in [0.29, 0.717) is 37.6 Å². The Kier molecular flexibility index (Phi) is 5.94. The lowest BCUT2D eigenvalue weighted by atomic mass is 10.1. The molecule has 6 nitrogen and oxygen atoms in total. The molecule has 3 rings (SSSR count). The third kappa shape index (κ3) is 4.21. The number of rotatable bonds is 6. The summed E-state index contributed by atoms with van der Waals surface area (Å²) in [5.41, 5.74) is 0. The molecule has 2 N–H and O–H groups in total. The standard InChI is InChI=1S/C20H25N3O3S/c1-3-10-21-20(24)16(2)22-11-13-23(14-12-22)27(25,26)19-9-8-17-6-4-5-7-18(17)15-19/h3-9,15-16H,1,10-14H2,2H3,(H,21,24)/p+1/t16-/m1/s1. The van der Waals surface area contributed by atoms with Crippen molar-refractivity contribution in [3.05, 3.63) is 55.1 Å². The zero-order valence-electron chi connectivity index (χ0n) is 15.5. The van der Waals surface area contributed by atoms with Gasteiger partial charge in [-0.25, -0.2) is 8.42 Å². The van der Waals surface area contributed by atoms with Crippen LogP contribution in [0.2, 0.25) is 0 Å². The minimum Gasteiger partial charge on any atom is -0.347 e. The summed E-state index contributed by atoms with van der Waals surface area (Å²) in [6.45, 7) is 7.94. The summed E-state index contributed by atoms with van der Waals surface area (Å²) in [6.07, 6.45) is 1.65. The molecule has 2 aromatic carbocycles. The number of sulfonamides is 1. The summed E-state index contributed by atoms with van der Waals surface area (Å²) in [6, 6.07) is 12.8. The summed E-state index contributed by atoms with van der Waals surface area (Å²) in [5.74, 6) is -0.0317. The maximum atomic E-state index is 13.0. The lowest BCUT2D eigenvalue weighted by Gasteiger charge is -2.34. The lowest BCUT2D eigenvalue weighted by Crippen LogP contribution is -3.19. The Morgan fingerprint density at radius 1 is 1.22 bits per heavy atom. The number of amides is 1.